The molecule has 1 unspecified atom stereocenters. The van der Waals surface area contributed by atoms with Gasteiger partial charge >= 0.3 is 11.9 Å². The van der Waals surface area contributed by atoms with Crippen LogP contribution >= 0.6 is 33.2 Å². The molecule has 0 saturated heterocycles. The Balaban J connectivity index is 2.42. The maximum Gasteiger partial charge on any atom is 0.338 e. The summed E-state index contributed by atoms with van der Waals surface area (Å²) in [5.41, 5.74) is 1.39. The van der Waals surface area contributed by atoms with Crippen molar-refractivity contribution >= 4 is 50.0 Å². The highest BCUT2D eigenvalue weighted by Crippen LogP contribution is 2.49. The Labute approximate surface area is 142 Å². The average Bonchev–Trinajstić information content (AvgIpc) is 2.93. The Kier molecular flexibility index (Phi) is 6.23. The highest BCUT2D eigenvalue weighted by atomic mass is 35.5. The van der Waals surface area contributed by atoms with Gasteiger partial charge < -0.3 is 9.47 Å². The van der Waals surface area contributed by atoms with Gasteiger partial charge in [0.15, 0.2) is 0 Å². The fourth-order valence-electron chi connectivity index (χ4n) is 1.89. The van der Waals surface area contributed by atoms with Crippen LogP contribution in [0.5, 0.6) is 0 Å². The first-order valence-corrected chi connectivity index (χ1v) is 9.39. The van der Waals surface area contributed by atoms with Crippen LogP contribution in [-0.2, 0) is 9.47 Å². The topological polar surface area (TPSA) is 52.6 Å². The van der Waals surface area contributed by atoms with Gasteiger partial charge in [0, 0.05) is 10.5 Å². The van der Waals surface area contributed by atoms with Crippen LogP contribution in [0.4, 0.5) is 0 Å². The second-order valence-electron chi connectivity index (χ2n) is 4.26. The number of halogens is 1. The first-order valence-electron chi connectivity index (χ1n) is 6.74. The maximum absolute atomic E-state index is 12.2. The maximum atomic E-state index is 12.2. The molecule has 1 atom stereocenters. The molecule has 1 aromatic carbocycles. The SMILES string of the molecule is CCOC(=O)c1ccc(C2=CC(Cl)SS2)c(C(=O)OCC)c1. The molecule has 22 heavy (non-hydrogen) atoms. The van der Waals surface area contributed by atoms with E-state index in [1.807, 2.05) is 6.08 Å². The molecule has 118 valence electrons. The zero-order chi connectivity index (χ0) is 16.1. The van der Waals surface area contributed by atoms with Crippen molar-refractivity contribution in [2.75, 3.05) is 13.2 Å². The summed E-state index contributed by atoms with van der Waals surface area (Å²) in [6.07, 6.45) is 1.87. The van der Waals surface area contributed by atoms with E-state index in [1.165, 1.54) is 27.7 Å². The van der Waals surface area contributed by atoms with E-state index in [9.17, 15) is 9.59 Å². The molecule has 0 amide bonds. The number of benzene rings is 1. The Morgan fingerprint density at radius 3 is 2.45 bits per heavy atom. The van der Waals surface area contributed by atoms with Gasteiger partial charge in [-0.15, -0.1) is 11.6 Å². The number of hydrogen-bond acceptors (Lipinski definition) is 6. The van der Waals surface area contributed by atoms with Crippen molar-refractivity contribution in [3.63, 3.8) is 0 Å². The van der Waals surface area contributed by atoms with Gasteiger partial charge in [0.05, 0.1) is 24.3 Å². The van der Waals surface area contributed by atoms with Crippen LogP contribution in [-0.4, -0.2) is 29.9 Å². The third kappa shape index (κ3) is 4.00. The van der Waals surface area contributed by atoms with E-state index in [2.05, 4.69) is 0 Å². The molecular formula is C15H15ClO4S2. The molecule has 0 aromatic heterocycles. The molecule has 0 aliphatic carbocycles. The third-order valence-electron chi connectivity index (χ3n) is 2.80. The summed E-state index contributed by atoms with van der Waals surface area (Å²) in [7, 11) is 3.00. The minimum Gasteiger partial charge on any atom is -0.462 e. The molecule has 0 fully saturated rings. The average molecular weight is 359 g/mol. The quantitative estimate of drug-likeness (QED) is 0.443. The van der Waals surface area contributed by atoms with Crippen molar-refractivity contribution in [1.82, 2.24) is 0 Å². The Morgan fingerprint density at radius 2 is 1.86 bits per heavy atom. The predicted molar refractivity (Wildman–Crippen MR) is 91.2 cm³/mol. The summed E-state index contributed by atoms with van der Waals surface area (Å²) in [6, 6.07) is 4.88. The Bertz CT molecular complexity index is 616. The number of carbonyl (C=O) groups is 2. The van der Waals surface area contributed by atoms with Gasteiger partial charge in [-0.25, -0.2) is 9.59 Å². The van der Waals surface area contributed by atoms with Crippen molar-refractivity contribution in [3.8, 4) is 0 Å². The molecule has 0 radical (unpaired) electrons. The smallest absolute Gasteiger partial charge is 0.338 e. The summed E-state index contributed by atoms with van der Waals surface area (Å²) < 4.78 is 9.91. The van der Waals surface area contributed by atoms with E-state index in [4.69, 9.17) is 21.1 Å². The van der Waals surface area contributed by atoms with Gasteiger partial charge in [0.1, 0.15) is 4.71 Å². The molecule has 4 nitrogen and oxygen atoms in total. The van der Waals surface area contributed by atoms with Gasteiger partial charge in [-0.3, -0.25) is 0 Å². The van der Waals surface area contributed by atoms with Crippen molar-refractivity contribution < 1.29 is 19.1 Å². The van der Waals surface area contributed by atoms with E-state index in [1.54, 1.807) is 26.0 Å². The summed E-state index contributed by atoms with van der Waals surface area (Å²) in [4.78, 5) is 24.9. The van der Waals surface area contributed by atoms with Crippen LogP contribution in [0.25, 0.3) is 4.91 Å². The van der Waals surface area contributed by atoms with E-state index in [-0.39, 0.29) is 17.9 Å². The number of alkyl halides is 1. The first-order chi connectivity index (χ1) is 10.6. The molecule has 0 spiro atoms. The molecule has 1 aliphatic rings. The zero-order valence-electron chi connectivity index (χ0n) is 12.1. The number of hydrogen-bond donors (Lipinski definition) is 0. The fourth-order valence-corrected chi connectivity index (χ4v) is 4.54. The minimum absolute atomic E-state index is 0.139. The summed E-state index contributed by atoms with van der Waals surface area (Å²) in [5.74, 6) is -0.926. The molecule has 2 rings (SSSR count). The number of rotatable bonds is 5. The molecule has 0 bridgehead atoms. The van der Waals surface area contributed by atoms with Crippen molar-refractivity contribution in [3.05, 3.63) is 41.0 Å². The third-order valence-corrected chi connectivity index (χ3v) is 5.91. The number of ether oxygens (including phenoxy) is 2. The summed E-state index contributed by atoms with van der Waals surface area (Å²) >= 11 is 6.05. The lowest BCUT2D eigenvalue weighted by atomic mass is 10.0. The van der Waals surface area contributed by atoms with Crippen LogP contribution < -0.4 is 0 Å². The zero-order valence-corrected chi connectivity index (χ0v) is 14.5. The standard InChI is InChI=1S/C15H15ClO4S2/c1-3-19-14(17)9-5-6-10(12-8-13(16)22-21-12)11(7-9)15(18)20-4-2/h5-8,13H,3-4H2,1-2H3. The Morgan fingerprint density at radius 1 is 1.18 bits per heavy atom. The van der Waals surface area contributed by atoms with Crippen molar-refractivity contribution in [2.45, 2.75) is 18.6 Å². The van der Waals surface area contributed by atoms with E-state index in [0.29, 0.717) is 16.7 Å². The molecule has 1 aromatic rings. The van der Waals surface area contributed by atoms with Gasteiger partial charge in [-0.1, -0.05) is 27.7 Å². The molecule has 7 heteroatoms. The summed E-state index contributed by atoms with van der Waals surface area (Å²) in [6.45, 7) is 4.01. The van der Waals surface area contributed by atoms with Crippen LogP contribution in [0.15, 0.2) is 24.3 Å². The van der Waals surface area contributed by atoms with Crippen LogP contribution in [0.2, 0.25) is 0 Å². The second-order valence-corrected chi connectivity index (χ2v) is 7.38. The predicted octanol–water partition coefficient (Wildman–Crippen LogP) is 4.34. The summed E-state index contributed by atoms with van der Waals surface area (Å²) in [5, 5.41) is 0. The lowest BCUT2D eigenvalue weighted by Gasteiger charge is -2.11. The number of esters is 2. The molecule has 1 heterocycles. The van der Waals surface area contributed by atoms with E-state index >= 15 is 0 Å². The van der Waals surface area contributed by atoms with Crippen LogP contribution in [0.3, 0.4) is 0 Å². The van der Waals surface area contributed by atoms with Crippen LogP contribution in [0.1, 0.15) is 40.1 Å². The molecule has 1 aliphatic heterocycles. The lowest BCUT2D eigenvalue weighted by Crippen LogP contribution is -2.11. The molecular weight excluding hydrogens is 344 g/mol. The fraction of sp³-hybridized carbons (Fsp3) is 0.333. The second kappa shape index (κ2) is 7.94. The minimum atomic E-state index is -0.465. The van der Waals surface area contributed by atoms with Gasteiger partial charge in [0.25, 0.3) is 0 Å². The lowest BCUT2D eigenvalue weighted by molar-refractivity contribution is 0.0525. The Hall–Kier alpha value is -1.11. The number of carbonyl (C=O) groups excluding carboxylic acids is 2. The first kappa shape index (κ1) is 17.2. The van der Waals surface area contributed by atoms with Crippen molar-refractivity contribution in [2.24, 2.45) is 0 Å². The molecule has 0 saturated carbocycles. The molecule has 0 N–H and O–H groups in total. The normalized spacial score (nSPS) is 17.0. The van der Waals surface area contributed by atoms with E-state index < -0.39 is 11.9 Å². The van der Waals surface area contributed by atoms with Gasteiger partial charge in [-0.2, -0.15) is 0 Å². The van der Waals surface area contributed by atoms with Crippen LogP contribution in [0, 0.1) is 0 Å². The monoisotopic (exact) mass is 358 g/mol. The van der Waals surface area contributed by atoms with Gasteiger partial charge in [-0.05, 0) is 32.1 Å². The highest BCUT2D eigenvalue weighted by Gasteiger charge is 2.23. The highest BCUT2D eigenvalue weighted by molar-refractivity contribution is 8.81. The van der Waals surface area contributed by atoms with E-state index in [0.717, 1.165) is 4.91 Å². The largest absolute Gasteiger partial charge is 0.462 e. The van der Waals surface area contributed by atoms with Crippen molar-refractivity contribution in [1.29, 1.82) is 0 Å². The van der Waals surface area contributed by atoms with Gasteiger partial charge in [0.2, 0.25) is 0 Å².